The lowest BCUT2D eigenvalue weighted by molar-refractivity contribution is -0.133. The first-order valence-corrected chi connectivity index (χ1v) is 10.9. The summed E-state index contributed by atoms with van der Waals surface area (Å²) >= 11 is 0. The average molecular weight is 432 g/mol. The second kappa shape index (κ2) is 10.5. The third kappa shape index (κ3) is 8.11. The van der Waals surface area contributed by atoms with Crippen molar-refractivity contribution in [3.8, 4) is 0 Å². The van der Waals surface area contributed by atoms with Gasteiger partial charge in [0, 0.05) is 56.6 Å². The number of benzene rings is 1. The summed E-state index contributed by atoms with van der Waals surface area (Å²) in [6.45, 7) is 12.8. The van der Waals surface area contributed by atoms with E-state index in [9.17, 15) is 14.4 Å². The molecule has 1 aromatic carbocycles. The first kappa shape index (κ1) is 24.5. The minimum absolute atomic E-state index is 0.0259. The van der Waals surface area contributed by atoms with Crippen LogP contribution in [0.5, 0.6) is 0 Å². The van der Waals surface area contributed by atoms with Gasteiger partial charge >= 0.3 is 6.03 Å². The lowest BCUT2D eigenvalue weighted by atomic mass is 10.1. The number of amides is 4. The van der Waals surface area contributed by atoms with Crippen LogP contribution >= 0.6 is 0 Å². The van der Waals surface area contributed by atoms with Crippen LogP contribution in [0.3, 0.4) is 0 Å². The van der Waals surface area contributed by atoms with Gasteiger partial charge in [0.15, 0.2) is 0 Å². The van der Waals surface area contributed by atoms with Gasteiger partial charge in [-0.15, -0.1) is 0 Å². The predicted octanol–water partition coefficient (Wildman–Crippen LogP) is 2.76. The summed E-state index contributed by atoms with van der Waals surface area (Å²) in [5.41, 5.74) is 1.50. The van der Waals surface area contributed by atoms with Gasteiger partial charge in [0.1, 0.15) is 0 Å². The van der Waals surface area contributed by atoms with E-state index in [0.717, 1.165) is 18.8 Å². The van der Waals surface area contributed by atoms with Crippen molar-refractivity contribution in [1.82, 2.24) is 15.1 Å². The van der Waals surface area contributed by atoms with Crippen molar-refractivity contribution in [3.63, 3.8) is 0 Å². The first-order chi connectivity index (χ1) is 14.4. The molecule has 31 heavy (non-hydrogen) atoms. The second-order valence-corrected chi connectivity index (χ2v) is 9.60. The van der Waals surface area contributed by atoms with Crippen molar-refractivity contribution in [3.05, 3.63) is 24.3 Å². The fraction of sp³-hybridized carbons (Fsp3) is 0.609. The number of likely N-dealkylation sites (N-methyl/N-ethyl adjacent to an activating group) is 1. The Morgan fingerprint density at radius 2 is 1.61 bits per heavy atom. The van der Waals surface area contributed by atoms with Gasteiger partial charge in [-0.1, -0.05) is 13.8 Å². The number of nitrogens with one attached hydrogen (secondary N) is 2. The molecule has 1 heterocycles. The maximum Gasteiger partial charge on any atom is 0.317 e. The second-order valence-electron chi connectivity index (χ2n) is 9.60. The Labute approximate surface area is 185 Å². The normalized spacial score (nSPS) is 14.4. The van der Waals surface area contributed by atoms with Gasteiger partial charge in [0.05, 0.1) is 6.54 Å². The van der Waals surface area contributed by atoms with Crippen LogP contribution in [0, 0.1) is 5.92 Å². The zero-order chi connectivity index (χ0) is 23.2. The van der Waals surface area contributed by atoms with E-state index in [0.29, 0.717) is 25.2 Å². The molecule has 0 unspecified atom stereocenters. The molecular weight excluding hydrogens is 394 g/mol. The molecule has 1 aliphatic heterocycles. The van der Waals surface area contributed by atoms with Gasteiger partial charge in [0.25, 0.3) is 0 Å². The van der Waals surface area contributed by atoms with E-state index in [1.165, 1.54) is 4.90 Å². The summed E-state index contributed by atoms with van der Waals surface area (Å²) in [7, 11) is 1.65. The fourth-order valence-corrected chi connectivity index (χ4v) is 3.33. The predicted molar refractivity (Wildman–Crippen MR) is 124 cm³/mol. The highest BCUT2D eigenvalue weighted by Gasteiger charge is 2.24. The molecule has 2 rings (SSSR count). The fourth-order valence-electron chi connectivity index (χ4n) is 3.33. The highest BCUT2D eigenvalue weighted by molar-refractivity contribution is 5.94. The van der Waals surface area contributed by atoms with E-state index in [1.807, 2.05) is 63.8 Å². The monoisotopic (exact) mass is 431 g/mol. The lowest BCUT2D eigenvalue weighted by Crippen LogP contribution is -2.55. The minimum Gasteiger partial charge on any atom is -0.368 e. The van der Waals surface area contributed by atoms with Crippen molar-refractivity contribution in [2.45, 2.75) is 46.6 Å². The van der Waals surface area contributed by atoms with Crippen molar-refractivity contribution >= 4 is 29.2 Å². The van der Waals surface area contributed by atoms with Crippen LogP contribution in [0.1, 0.15) is 41.0 Å². The van der Waals surface area contributed by atoms with Crippen LogP contribution in [0.15, 0.2) is 24.3 Å². The standard InChI is InChI=1S/C23H37N5O3/c1-17(2)15-21(30)26(6)16-20(29)24-18-7-9-19(10-8-18)27-11-13-28(14-12-27)22(31)25-23(3,4)5/h7-10,17H,11-16H2,1-6H3,(H,24,29)(H,25,31). The Morgan fingerprint density at radius 3 is 2.13 bits per heavy atom. The van der Waals surface area contributed by atoms with Crippen molar-refractivity contribution in [2.24, 2.45) is 5.92 Å². The summed E-state index contributed by atoms with van der Waals surface area (Å²) in [4.78, 5) is 42.1. The third-order valence-electron chi connectivity index (χ3n) is 4.95. The molecule has 0 radical (unpaired) electrons. The molecule has 0 atom stereocenters. The molecule has 172 valence electrons. The largest absolute Gasteiger partial charge is 0.368 e. The summed E-state index contributed by atoms with van der Waals surface area (Å²) in [6.07, 6.45) is 0.434. The van der Waals surface area contributed by atoms with E-state index in [4.69, 9.17) is 0 Å². The molecule has 8 nitrogen and oxygen atoms in total. The van der Waals surface area contributed by atoms with Crippen molar-refractivity contribution < 1.29 is 14.4 Å². The number of piperazine rings is 1. The summed E-state index contributed by atoms with van der Waals surface area (Å²) in [5, 5.41) is 5.84. The Bertz CT molecular complexity index is 762. The SMILES string of the molecule is CC(C)CC(=O)N(C)CC(=O)Nc1ccc(N2CCN(C(=O)NC(C)(C)C)CC2)cc1. The third-order valence-corrected chi connectivity index (χ3v) is 4.95. The van der Waals surface area contributed by atoms with Gasteiger partial charge in [-0.2, -0.15) is 0 Å². The molecule has 1 aromatic rings. The molecule has 2 N–H and O–H groups in total. The molecule has 1 saturated heterocycles. The van der Waals surface area contributed by atoms with Crippen LogP contribution in [0.4, 0.5) is 16.2 Å². The molecule has 0 saturated carbocycles. The van der Waals surface area contributed by atoms with Gasteiger partial charge < -0.3 is 25.3 Å². The molecule has 8 heteroatoms. The maximum atomic E-state index is 12.3. The smallest absolute Gasteiger partial charge is 0.317 e. The number of carbonyl (C=O) groups excluding carboxylic acids is 3. The summed E-state index contributed by atoms with van der Waals surface area (Å²) < 4.78 is 0. The summed E-state index contributed by atoms with van der Waals surface area (Å²) in [5.74, 6) is 0.0157. The Kier molecular flexibility index (Phi) is 8.30. The first-order valence-electron chi connectivity index (χ1n) is 10.9. The van der Waals surface area contributed by atoms with Crippen LogP contribution in [-0.2, 0) is 9.59 Å². The number of urea groups is 1. The number of hydrogen-bond donors (Lipinski definition) is 2. The number of nitrogens with zero attached hydrogens (tertiary/aromatic N) is 3. The van der Waals surface area contributed by atoms with E-state index in [-0.39, 0.29) is 35.8 Å². The van der Waals surface area contributed by atoms with E-state index in [1.54, 1.807) is 7.05 Å². The number of anilines is 2. The maximum absolute atomic E-state index is 12.3. The Morgan fingerprint density at radius 1 is 1.03 bits per heavy atom. The number of carbonyl (C=O) groups is 3. The molecule has 0 spiro atoms. The number of rotatable bonds is 6. The van der Waals surface area contributed by atoms with E-state index >= 15 is 0 Å². The molecule has 0 aromatic heterocycles. The van der Waals surface area contributed by atoms with Crippen LogP contribution in [0.2, 0.25) is 0 Å². The minimum atomic E-state index is -0.245. The van der Waals surface area contributed by atoms with Crippen molar-refractivity contribution in [2.75, 3.05) is 50.0 Å². The number of hydrogen-bond acceptors (Lipinski definition) is 4. The topological polar surface area (TPSA) is 85.0 Å². The highest BCUT2D eigenvalue weighted by atomic mass is 16.2. The van der Waals surface area contributed by atoms with Gasteiger partial charge in [0.2, 0.25) is 11.8 Å². The van der Waals surface area contributed by atoms with Gasteiger partial charge in [-0.05, 0) is 51.0 Å². The van der Waals surface area contributed by atoms with Crippen LogP contribution < -0.4 is 15.5 Å². The summed E-state index contributed by atoms with van der Waals surface area (Å²) in [6, 6.07) is 7.63. The van der Waals surface area contributed by atoms with Crippen LogP contribution in [0.25, 0.3) is 0 Å². The highest BCUT2D eigenvalue weighted by Crippen LogP contribution is 2.20. The molecule has 1 fully saturated rings. The molecule has 0 aliphatic carbocycles. The van der Waals surface area contributed by atoms with E-state index < -0.39 is 0 Å². The quantitative estimate of drug-likeness (QED) is 0.725. The van der Waals surface area contributed by atoms with Gasteiger partial charge in [-0.3, -0.25) is 9.59 Å². The molecule has 4 amide bonds. The Hall–Kier alpha value is -2.77. The zero-order valence-electron chi connectivity index (χ0n) is 19.7. The lowest BCUT2D eigenvalue weighted by Gasteiger charge is -2.37. The molecular formula is C23H37N5O3. The zero-order valence-corrected chi connectivity index (χ0v) is 19.7. The van der Waals surface area contributed by atoms with Crippen LogP contribution in [-0.4, -0.2) is 73.0 Å². The molecule has 1 aliphatic rings. The van der Waals surface area contributed by atoms with E-state index in [2.05, 4.69) is 15.5 Å². The Balaban J connectivity index is 1.82. The van der Waals surface area contributed by atoms with Gasteiger partial charge in [-0.25, -0.2) is 4.79 Å². The van der Waals surface area contributed by atoms with Crippen molar-refractivity contribution in [1.29, 1.82) is 0 Å². The average Bonchev–Trinajstić information content (AvgIpc) is 2.66. The molecule has 0 bridgehead atoms.